The SMILES string of the molecule is CCn1ccc(C2C(N)CCN2C(C)C)n1. The standard InChI is InChI=1S/C12H22N4/c1-4-15-7-6-11(14-15)12-10(13)5-8-16(12)9(2)3/h6-7,9-10,12H,4-5,8,13H2,1-3H3. The Morgan fingerprint density at radius 1 is 1.56 bits per heavy atom. The van der Waals surface area contributed by atoms with Crippen molar-refractivity contribution in [1.29, 1.82) is 0 Å². The number of hydrogen-bond donors (Lipinski definition) is 1. The summed E-state index contributed by atoms with van der Waals surface area (Å²) in [5.74, 6) is 0. The molecular weight excluding hydrogens is 200 g/mol. The van der Waals surface area contributed by atoms with E-state index in [1.54, 1.807) is 0 Å². The van der Waals surface area contributed by atoms with Crippen LogP contribution < -0.4 is 5.73 Å². The molecule has 0 aliphatic carbocycles. The monoisotopic (exact) mass is 222 g/mol. The number of aromatic nitrogens is 2. The highest BCUT2D eigenvalue weighted by atomic mass is 15.3. The molecular formula is C12H22N4. The lowest BCUT2D eigenvalue weighted by atomic mass is 10.1. The van der Waals surface area contributed by atoms with E-state index in [1.807, 2.05) is 10.9 Å². The maximum atomic E-state index is 6.20. The Kier molecular flexibility index (Phi) is 3.30. The minimum atomic E-state index is 0.225. The molecule has 0 saturated carbocycles. The van der Waals surface area contributed by atoms with E-state index in [0.717, 1.165) is 25.2 Å². The molecule has 1 aromatic heterocycles. The average Bonchev–Trinajstić information content (AvgIpc) is 2.83. The van der Waals surface area contributed by atoms with E-state index in [2.05, 4.69) is 36.8 Å². The van der Waals surface area contributed by atoms with Crippen molar-refractivity contribution in [2.75, 3.05) is 6.54 Å². The fourth-order valence-corrected chi connectivity index (χ4v) is 2.52. The third kappa shape index (κ3) is 1.99. The Morgan fingerprint density at radius 3 is 2.88 bits per heavy atom. The molecule has 1 aliphatic heterocycles. The van der Waals surface area contributed by atoms with E-state index < -0.39 is 0 Å². The van der Waals surface area contributed by atoms with Crippen LogP contribution in [0.25, 0.3) is 0 Å². The summed E-state index contributed by atoms with van der Waals surface area (Å²) in [5, 5.41) is 4.59. The van der Waals surface area contributed by atoms with Crippen molar-refractivity contribution in [2.24, 2.45) is 5.73 Å². The van der Waals surface area contributed by atoms with E-state index in [-0.39, 0.29) is 6.04 Å². The maximum Gasteiger partial charge on any atom is 0.0812 e. The van der Waals surface area contributed by atoms with E-state index in [4.69, 9.17) is 5.73 Å². The van der Waals surface area contributed by atoms with Crippen molar-refractivity contribution in [2.45, 2.75) is 51.9 Å². The third-order valence-electron chi connectivity index (χ3n) is 3.44. The summed E-state index contributed by atoms with van der Waals surface area (Å²) < 4.78 is 1.97. The van der Waals surface area contributed by atoms with E-state index in [0.29, 0.717) is 12.1 Å². The summed E-state index contributed by atoms with van der Waals surface area (Å²) in [4.78, 5) is 2.45. The van der Waals surface area contributed by atoms with Crippen LogP contribution in [-0.2, 0) is 6.54 Å². The van der Waals surface area contributed by atoms with Gasteiger partial charge in [0, 0.05) is 31.4 Å². The fraction of sp³-hybridized carbons (Fsp3) is 0.750. The summed E-state index contributed by atoms with van der Waals surface area (Å²) in [6.45, 7) is 8.56. The minimum Gasteiger partial charge on any atom is -0.326 e. The van der Waals surface area contributed by atoms with Crippen molar-refractivity contribution in [3.05, 3.63) is 18.0 Å². The number of nitrogens with zero attached hydrogens (tertiary/aromatic N) is 3. The first-order valence-electron chi connectivity index (χ1n) is 6.18. The van der Waals surface area contributed by atoms with Crippen LogP contribution in [0.2, 0.25) is 0 Å². The zero-order valence-electron chi connectivity index (χ0n) is 10.4. The Hall–Kier alpha value is -0.870. The van der Waals surface area contributed by atoms with Gasteiger partial charge in [-0.1, -0.05) is 0 Å². The van der Waals surface area contributed by atoms with Gasteiger partial charge in [0.1, 0.15) is 0 Å². The van der Waals surface area contributed by atoms with Crippen LogP contribution in [0, 0.1) is 0 Å². The average molecular weight is 222 g/mol. The molecule has 2 atom stereocenters. The lowest BCUT2D eigenvalue weighted by Crippen LogP contribution is -2.36. The van der Waals surface area contributed by atoms with Crippen molar-refractivity contribution in [3.8, 4) is 0 Å². The second-order valence-corrected chi connectivity index (χ2v) is 4.83. The first-order chi connectivity index (χ1) is 7.63. The molecule has 1 aromatic rings. The Labute approximate surface area is 97.4 Å². The van der Waals surface area contributed by atoms with Gasteiger partial charge in [0.25, 0.3) is 0 Å². The predicted octanol–water partition coefficient (Wildman–Crippen LogP) is 1.39. The van der Waals surface area contributed by atoms with E-state index >= 15 is 0 Å². The molecule has 0 aromatic carbocycles. The molecule has 1 aliphatic rings. The zero-order chi connectivity index (χ0) is 11.7. The Bertz CT molecular complexity index is 345. The molecule has 0 bridgehead atoms. The van der Waals surface area contributed by atoms with Crippen molar-refractivity contribution in [1.82, 2.24) is 14.7 Å². The molecule has 4 nitrogen and oxygen atoms in total. The molecule has 4 heteroatoms. The fourth-order valence-electron chi connectivity index (χ4n) is 2.52. The van der Waals surface area contributed by atoms with Crippen molar-refractivity contribution >= 4 is 0 Å². The van der Waals surface area contributed by atoms with Gasteiger partial charge in [-0.25, -0.2) is 0 Å². The lowest BCUT2D eigenvalue weighted by molar-refractivity contribution is 0.194. The van der Waals surface area contributed by atoms with Crippen molar-refractivity contribution < 1.29 is 0 Å². The van der Waals surface area contributed by atoms with Crippen LogP contribution in [0.5, 0.6) is 0 Å². The largest absolute Gasteiger partial charge is 0.326 e. The lowest BCUT2D eigenvalue weighted by Gasteiger charge is -2.28. The first-order valence-corrected chi connectivity index (χ1v) is 6.18. The zero-order valence-corrected chi connectivity index (χ0v) is 10.4. The quantitative estimate of drug-likeness (QED) is 0.840. The van der Waals surface area contributed by atoms with Gasteiger partial charge in [0.15, 0.2) is 0 Å². The highest BCUT2D eigenvalue weighted by Crippen LogP contribution is 2.31. The molecule has 0 amide bonds. The van der Waals surface area contributed by atoms with Crippen LogP contribution in [-0.4, -0.2) is 33.3 Å². The second kappa shape index (κ2) is 4.55. The van der Waals surface area contributed by atoms with Gasteiger partial charge in [0.05, 0.1) is 11.7 Å². The number of likely N-dealkylation sites (tertiary alicyclic amines) is 1. The highest BCUT2D eigenvalue weighted by Gasteiger charge is 2.35. The summed E-state index contributed by atoms with van der Waals surface area (Å²) in [6, 6.07) is 3.16. The highest BCUT2D eigenvalue weighted by molar-refractivity contribution is 5.12. The normalized spacial score (nSPS) is 26.8. The third-order valence-corrected chi connectivity index (χ3v) is 3.44. The molecule has 2 unspecified atom stereocenters. The number of hydrogen-bond acceptors (Lipinski definition) is 3. The van der Waals surface area contributed by atoms with Crippen LogP contribution in [0.15, 0.2) is 12.3 Å². The molecule has 16 heavy (non-hydrogen) atoms. The topological polar surface area (TPSA) is 47.1 Å². The molecule has 0 radical (unpaired) electrons. The minimum absolute atomic E-state index is 0.225. The summed E-state index contributed by atoms with van der Waals surface area (Å²) in [7, 11) is 0. The van der Waals surface area contributed by atoms with Crippen LogP contribution >= 0.6 is 0 Å². The van der Waals surface area contributed by atoms with Gasteiger partial charge >= 0.3 is 0 Å². The molecule has 1 saturated heterocycles. The predicted molar refractivity (Wildman–Crippen MR) is 65.1 cm³/mol. The van der Waals surface area contributed by atoms with Crippen LogP contribution in [0.4, 0.5) is 0 Å². The molecule has 1 fully saturated rings. The van der Waals surface area contributed by atoms with Gasteiger partial charge in [-0.15, -0.1) is 0 Å². The molecule has 0 spiro atoms. The maximum absolute atomic E-state index is 6.20. The molecule has 90 valence electrons. The van der Waals surface area contributed by atoms with Gasteiger partial charge in [-0.3, -0.25) is 9.58 Å². The Balaban J connectivity index is 2.22. The first kappa shape index (κ1) is 11.6. The molecule has 2 N–H and O–H groups in total. The van der Waals surface area contributed by atoms with Gasteiger partial charge in [-0.05, 0) is 33.3 Å². The van der Waals surface area contributed by atoms with E-state index in [9.17, 15) is 0 Å². The van der Waals surface area contributed by atoms with E-state index in [1.165, 1.54) is 0 Å². The smallest absolute Gasteiger partial charge is 0.0812 e. The second-order valence-electron chi connectivity index (χ2n) is 4.83. The number of nitrogens with two attached hydrogens (primary N) is 1. The van der Waals surface area contributed by atoms with Crippen LogP contribution in [0.3, 0.4) is 0 Å². The number of aryl methyl sites for hydroxylation is 1. The van der Waals surface area contributed by atoms with Gasteiger partial charge in [-0.2, -0.15) is 5.10 Å². The molecule has 2 heterocycles. The summed E-state index contributed by atoms with van der Waals surface area (Å²) in [5.41, 5.74) is 7.32. The van der Waals surface area contributed by atoms with Gasteiger partial charge in [0.2, 0.25) is 0 Å². The van der Waals surface area contributed by atoms with Crippen molar-refractivity contribution in [3.63, 3.8) is 0 Å². The number of rotatable bonds is 3. The molecule has 2 rings (SSSR count). The Morgan fingerprint density at radius 2 is 2.31 bits per heavy atom. The summed E-state index contributed by atoms with van der Waals surface area (Å²) in [6.07, 6.45) is 3.11. The summed E-state index contributed by atoms with van der Waals surface area (Å²) >= 11 is 0. The van der Waals surface area contributed by atoms with Gasteiger partial charge < -0.3 is 5.73 Å². The van der Waals surface area contributed by atoms with Crippen LogP contribution in [0.1, 0.15) is 38.9 Å².